The van der Waals surface area contributed by atoms with Gasteiger partial charge < -0.3 is 9.45 Å². The highest BCUT2D eigenvalue weighted by molar-refractivity contribution is 7.80. The molecule has 1 rings (SSSR count). The molecule has 0 aromatic heterocycles. The van der Waals surface area contributed by atoms with Crippen LogP contribution in [0.4, 0.5) is 0 Å². The summed E-state index contributed by atoms with van der Waals surface area (Å²) >= 11 is 0. The number of hydrogen-bond acceptors (Lipinski definition) is 6. The van der Waals surface area contributed by atoms with Crippen molar-refractivity contribution in [1.82, 2.24) is 4.90 Å². The zero-order valence-electron chi connectivity index (χ0n) is 40.9. The van der Waals surface area contributed by atoms with Crippen molar-refractivity contribution in [3.63, 3.8) is 0 Å². The van der Waals surface area contributed by atoms with Gasteiger partial charge >= 0.3 is 5.84 Å². The molecule has 0 aromatic rings. The van der Waals surface area contributed by atoms with E-state index in [-0.39, 0.29) is 12.5 Å². The van der Waals surface area contributed by atoms with Crippen LogP contribution in [0.2, 0.25) is 0 Å². The third-order valence-corrected chi connectivity index (χ3v) is 13.5. The van der Waals surface area contributed by atoms with Gasteiger partial charge in [-0.1, -0.05) is 219 Å². The van der Waals surface area contributed by atoms with Crippen molar-refractivity contribution in [2.24, 2.45) is 0 Å². The fraction of sp³-hybridized carbons (Fsp3) is 0.941. The third kappa shape index (κ3) is 37.5. The molecule has 1 amide bonds. The van der Waals surface area contributed by atoms with Crippen LogP contribution in [0.3, 0.4) is 0 Å². The van der Waals surface area contributed by atoms with E-state index < -0.39 is 10.4 Å². The molecule has 1 aliphatic rings. The zero-order chi connectivity index (χ0) is 45.0. The molecule has 9 nitrogen and oxygen atoms in total. The highest BCUT2D eigenvalue weighted by Crippen LogP contribution is 2.19. The van der Waals surface area contributed by atoms with E-state index in [2.05, 4.69) is 36.0 Å². The number of nitrogens with one attached hydrogen (secondary N) is 1. The van der Waals surface area contributed by atoms with E-state index in [4.69, 9.17) is 0 Å². The summed E-state index contributed by atoms with van der Waals surface area (Å²) in [4.78, 5) is 19.1. The molecule has 1 atom stereocenters. The minimum atomic E-state index is -4.42. The number of nitrogens with zero attached hydrogens (tertiary/aromatic N) is 3. The molecular weight excluding hydrogens is 781 g/mol. The first-order chi connectivity index (χ1) is 29.7. The van der Waals surface area contributed by atoms with Crippen molar-refractivity contribution in [1.29, 1.82) is 5.26 Å². The maximum absolute atomic E-state index is 13.3. The van der Waals surface area contributed by atoms with Gasteiger partial charge in [0, 0.05) is 13.0 Å². The Hall–Kier alpha value is -1.54. The van der Waals surface area contributed by atoms with Gasteiger partial charge in [0.05, 0.1) is 38.6 Å². The Bertz CT molecular complexity index is 1160. The normalized spacial score (nSPS) is 15.0. The summed E-state index contributed by atoms with van der Waals surface area (Å²) < 4.78 is 33.0. The van der Waals surface area contributed by atoms with Crippen molar-refractivity contribution in [2.75, 3.05) is 45.9 Å². The Morgan fingerprint density at radius 1 is 0.623 bits per heavy atom. The van der Waals surface area contributed by atoms with E-state index in [0.29, 0.717) is 19.4 Å². The van der Waals surface area contributed by atoms with Crippen molar-refractivity contribution in [2.45, 2.75) is 265 Å². The van der Waals surface area contributed by atoms with Gasteiger partial charge in [-0.25, -0.2) is 12.9 Å². The number of nitriles is 1. The predicted octanol–water partition coefficient (Wildman–Crippen LogP) is 12.6. The van der Waals surface area contributed by atoms with Crippen molar-refractivity contribution in [3.8, 4) is 6.07 Å². The van der Waals surface area contributed by atoms with E-state index in [9.17, 15) is 23.0 Å². The van der Waals surface area contributed by atoms with E-state index in [1.807, 2.05) is 4.90 Å². The first-order valence-corrected chi connectivity index (χ1v) is 27.7. The Balaban J connectivity index is 0.00000470. The maximum Gasteiger partial charge on any atom is 0.336 e. The average Bonchev–Trinajstić information content (AvgIpc) is 3.65. The number of amides is 1. The molecule has 61 heavy (non-hydrogen) atoms. The third-order valence-electron chi connectivity index (χ3n) is 13.0. The summed E-state index contributed by atoms with van der Waals surface area (Å²) in [6.45, 7) is 13.8. The monoisotopic (exact) mass is 882 g/mol. The Morgan fingerprint density at radius 2 is 1.00 bits per heavy atom. The number of likely N-dealkylation sites (N-methyl/N-ethyl adjacent to an activating group) is 1. The highest BCUT2D eigenvalue weighted by Gasteiger charge is 2.41. The Morgan fingerprint density at radius 3 is 1.33 bits per heavy atom. The van der Waals surface area contributed by atoms with Crippen LogP contribution in [0.15, 0.2) is 0 Å². The summed E-state index contributed by atoms with van der Waals surface area (Å²) in [6, 6.07) is 2.30. The van der Waals surface area contributed by atoms with Gasteiger partial charge in [-0.3, -0.25) is 8.98 Å². The lowest BCUT2D eigenvalue weighted by Gasteiger charge is -2.32. The number of hydrogen-bond donors (Lipinski definition) is 1. The van der Waals surface area contributed by atoms with Gasteiger partial charge in [-0.15, -0.1) is 0 Å². The van der Waals surface area contributed by atoms with Crippen molar-refractivity contribution < 1.29 is 31.4 Å². The minimum Gasteiger partial charge on any atom is -0.726 e. The van der Waals surface area contributed by atoms with Crippen LogP contribution in [0.5, 0.6) is 0 Å². The van der Waals surface area contributed by atoms with Gasteiger partial charge in [0.2, 0.25) is 16.3 Å². The van der Waals surface area contributed by atoms with Crippen LogP contribution in [-0.2, 0) is 19.4 Å². The van der Waals surface area contributed by atoms with Crippen molar-refractivity contribution >= 4 is 22.1 Å². The molecule has 0 aliphatic carbocycles. The number of carbonyl (C=O) groups is 1. The molecule has 1 N–H and O–H groups in total. The number of quaternary nitrogens is 1. The Kier molecular flexibility index (Phi) is 42.6. The lowest BCUT2D eigenvalue weighted by Crippen LogP contribution is -2.72. The second kappa shape index (κ2) is 43.7. The van der Waals surface area contributed by atoms with Crippen LogP contribution in [0.1, 0.15) is 265 Å². The highest BCUT2D eigenvalue weighted by atomic mass is 32.3. The fourth-order valence-electron chi connectivity index (χ4n) is 8.98. The van der Waals surface area contributed by atoms with Crippen LogP contribution in [-0.4, -0.2) is 80.0 Å². The lowest BCUT2D eigenvalue weighted by molar-refractivity contribution is -0.836. The van der Waals surface area contributed by atoms with Crippen LogP contribution in [0, 0.1) is 11.3 Å². The van der Waals surface area contributed by atoms with Gasteiger partial charge in [0.25, 0.3) is 0 Å². The number of rotatable bonds is 44. The van der Waals surface area contributed by atoms with Crippen LogP contribution in [0.25, 0.3) is 0 Å². The summed E-state index contributed by atoms with van der Waals surface area (Å²) in [7, 11) is -4.42. The van der Waals surface area contributed by atoms with Crippen molar-refractivity contribution in [3.05, 3.63) is 0 Å². The van der Waals surface area contributed by atoms with Gasteiger partial charge in [-0.05, 0) is 26.7 Å². The molecule has 10 heteroatoms. The van der Waals surface area contributed by atoms with Crippen LogP contribution < -0.4 is 4.99 Å². The number of carbonyl (C=O) groups excluding carboxylic acids is 1. The molecule has 360 valence electrons. The number of unbranched alkanes of at least 4 members (excludes halogenated alkanes) is 32. The molecule has 1 unspecified atom stereocenters. The molecule has 0 saturated carbocycles. The van der Waals surface area contributed by atoms with E-state index in [0.717, 1.165) is 56.5 Å². The van der Waals surface area contributed by atoms with E-state index in [1.165, 1.54) is 218 Å². The predicted molar refractivity (Wildman–Crippen MR) is 257 cm³/mol. The quantitative estimate of drug-likeness (QED) is 0.0281. The fourth-order valence-corrected chi connectivity index (χ4v) is 9.26. The molecule has 0 aromatic carbocycles. The molecule has 0 bridgehead atoms. The van der Waals surface area contributed by atoms with Gasteiger partial charge in [0.15, 0.2) is 6.54 Å². The van der Waals surface area contributed by atoms with E-state index >= 15 is 0 Å². The lowest BCUT2D eigenvalue weighted by atomic mass is 10.0. The standard InChI is InChI=1S/C49H95N4O.C2H6O4S/c1-4-7-9-11-13-15-17-19-21-23-25-27-29-31-33-35-37-40-48-51-43-46-53(48,6-3)47-45-52(44-39-42-50)49(54)41-38-36-34-32-30-28-26-24-22-20-18-16-14-12-10-8-5-2;1-2-6-7(3,4)5/h4-41,43-47H2,1-3H3;2H2,1H3,(H,3,4,5)/q+1;. The average molecular weight is 882 g/mol. The molecule has 0 fully saturated rings. The minimum absolute atomic E-state index is 0.0914. The zero-order valence-corrected chi connectivity index (χ0v) is 41.7. The molecule has 0 radical (unpaired) electrons. The molecule has 0 spiro atoms. The second-order valence-corrected chi connectivity index (χ2v) is 19.3. The second-order valence-electron chi connectivity index (χ2n) is 18.2. The molecular formula is C51H101N4O5S+. The molecule has 0 saturated heterocycles. The summed E-state index contributed by atoms with van der Waals surface area (Å²) in [5.74, 6) is 1.77. The van der Waals surface area contributed by atoms with E-state index in [1.54, 1.807) is 0 Å². The SMILES string of the molecule is CCCCCCCCCCCCCCCCCCCC(=O)N(CCC#N)CC[N+]1(CC)CC[NH+]=C1CCCCCCCCCCCCCCCCCCC.CCOS(=O)(=O)[O-]. The van der Waals surface area contributed by atoms with Crippen LogP contribution >= 0.6 is 0 Å². The van der Waals surface area contributed by atoms with Gasteiger partial charge in [-0.2, -0.15) is 10.3 Å². The summed E-state index contributed by atoms with van der Waals surface area (Å²) in [6.07, 6.45) is 49.3. The smallest absolute Gasteiger partial charge is 0.336 e. The number of amidine groups is 1. The Labute approximate surface area is 379 Å². The summed E-state index contributed by atoms with van der Waals surface area (Å²) in [5, 5.41) is 9.32. The molecule has 1 aliphatic heterocycles. The molecule has 1 heterocycles. The topological polar surface area (TPSA) is 124 Å². The maximum atomic E-state index is 13.3. The van der Waals surface area contributed by atoms with Gasteiger partial charge in [0.1, 0.15) is 13.1 Å². The first kappa shape index (κ1) is 59.5. The first-order valence-electron chi connectivity index (χ1n) is 26.4. The largest absolute Gasteiger partial charge is 0.726 e. The summed E-state index contributed by atoms with van der Waals surface area (Å²) in [5.41, 5.74) is 0.